The molecule has 2 atom stereocenters. The molecule has 1 saturated carbocycles. The van der Waals surface area contributed by atoms with Crippen LogP contribution < -0.4 is 10.2 Å². The Morgan fingerprint density at radius 1 is 1.29 bits per heavy atom. The van der Waals surface area contributed by atoms with Crippen molar-refractivity contribution < 1.29 is 14.0 Å². The summed E-state index contributed by atoms with van der Waals surface area (Å²) in [6, 6.07) is 6.08. The molecule has 1 aliphatic rings. The number of carbonyl (C=O) groups is 2. The van der Waals surface area contributed by atoms with Gasteiger partial charge < -0.3 is 5.32 Å². The first kappa shape index (κ1) is 20.7. The molecule has 0 radical (unpaired) electrons. The number of thioether (sulfide) groups is 1. The summed E-state index contributed by atoms with van der Waals surface area (Å²) in [7, 11) is 0. The molecule has 0 bridgehead atoms. The molecule has 1 aliphatic carbocycles. The average molecular weight is 423 g/mol. The summed E-state index contributed by atoms with van der Waals surface area (Å²) in [5.41, 5.74) is 0.836. The van der Waals surface area contributed by atoms with Crippen LogP contribution in [0.1, 0.15) is 51.6 Å². The molecule has 0 aliphatic heterocycles. The van der Waals surface area contributed by atoms with Gasteiger partial charge in [-0.25, -0.2) is 4.39 Å². The maximum atomic E-state index is 13.0. The summed E-state index contributed by atoms with van der Waals surface area (Å²) in [4.78, 5) is 26.4. The minimum absolute atomic E-state index is 0.0501. The first-order chi connectivity index (χ1) is 13.4. The number of carbonyl (C=O) groups excluding carboxylic acids is 2. The van der Waals surface area contributed by atoms with Crippen LogP contribution in [0.5, 0.6) is 0 Å². The van der Waals surface area contributed by atoms with Crippen LogP contribution in [-0.4, -0.2) is 33.3 Å². The Morgan fingerprint density at radius 3 is 2.57 bits per heavy atom. The molecule has 0 saturated heterocycles. The van der Waals surface area contributed by atoms with E-state index in [1.807, 2.05) is 13.8 Å². The summed E-state index contributed by atoms with van der Waals surface area (Å²) in [5, 5.41) is 11.5. The summed E-state index contributed by atoms with van der Waals surface area (Å²) >= 11 is 2.66. The zero-order chi connectivity index (χ0) is 20.3. The Kier molecular flexibility index (Phi) is 6.66. The highest BCUT2D eigenvalue weighted by Gasteiger charge is 2.35. The van der Waals surface area contributed by atoms with Gasteiger partial charge in [-0.15, -0.1) is 10.2 Å². The van der Waals surface area contributed by atoms with Gasteiger partial charge in [0.25, 0.3) is 0 Å². The number of aromatic nitrogens is 2. The molecule has 1 heterocycles. The fourth-order valence-electron chi connectivity index (χ4n) is 2.69. The maximum absolute atomic E-state index is 13.0. The minimum atomic E-state index is -0.375. The highest BCUT2D eigenvalue weighted by molar-refractivity contribution is 8.02. The van der Waals surface area contributed by atoms with Crippen molar-refractivity contribution in [1.29, 1.82) is 0 Å². The van der Waals surface area contributed by atoms with Crippen molar-refractivity contribution in [3.8, 4) is 0 Å². The van der Waals surface area contributed by atoms with Crippen LogP contribution in [-0.2, 0) is 9.59 Å². The molecule has 1 fully saturated rings. The third-order valence-electron chi connectivity index (χ3n) is 4.46. The van der Waals surface area contributed by atoms with Crippen molar-refractivity contribution in [3.63, 3.8) is 0 Å². The number of nitrogens with one attached hydrogen (secondary N) is 1. The summed E-state index contributed by atoms with van der Waals surface area (Å²) in [6.07, 6.45) is 2.42. The second kappa shape index (κ2) is 9.00. The van der Waals surface area contributed by atoms with E-state index in [9.17, 15) is 14.0 Å². The molecule has 0 unspecified atom stereocenters. The number of rotatable bonds is 8. The van der Waals surface area contributed by atoms with E-state index in [1.165, 1.54) is 35.2 Å². The number of anilines is 1. The zero-order valence-corrected chi connectivity index (χ0v) is 17.6. The van der Waals surface area contributed by atoms with E-state index in [0.29, 0.717) is 15.9 Å². The third-order valence-corrected chi connectivity index (χ3v) is 6.57. The van der Waals surface area contributed by atoms with Crippen LogP contribution in [0, 0.1) is 5.82 Å². The fraction of sp³-hybridized carbons (Fsp3) is 0.474. The Labute approximate surface area is 171 Å². The zero-order valence-electron chi connectivity index (χ0n) is 16.0. The van der Waals surface area contributed by atoms with Crippen LogP contribution in [0.25, 0.3) is 0 Å². The van der Waals surface area contributed by atoms with Gasteiger partial charge in [0.2, 0.25) is 16.9 Å². The van der Waals surface area contributed by atoms with Crippen molar-refractivity contribution in [1.82, 2.24) is 15.5 Å². The van der Waals surface area contributed by atoms with E-state index in [0.717, 1.165) is 18.4 Å². The molecule has 2 amide bonds. The molecular formula is C19H23FN4O2S2. The third kappa shape index (κ3) is 5.08. The van der Waals surface area contributed by atoms with Gasteiger partial charge in [0.1, 0.15) is 5.82 Å². The first-order valence-corrected chi connectivity index (χ1v) is 11.0. The molecule has 9 heteroatoms. The second-order valence-electron chi connectivity index (χ2n) is 6.74. The topological polar surface area (TPSA) is 75.2 Å². The standard InChI is InChI=1S/C19H23FN4O2S2/c1-4-16(25)24(15-9-10-15)18-22-23-19(28-18)27-12(3)17(26)21-11(2)13-5-7-14(20)8-6-13/h5-8,11-12,15H,4,9-10H2,1-3H3,(H,21,26)/t11-,12-/m1/s1. The number of halogens is 1. The molecule has 0 spiro atoms. The minimum Gasteiger partial charge on any atom is -0.349 e. The van der Waals surface area contributed by atoms with Gasteiger partial charge in [0.05, 0.1) is 11.3 Å². The van der Waals surface area contributed by atoms with Crippen LogP contribution in [0.2, 0.25) is 0 Å². The molecule has 1 aromatic carbocycles. The van der Waals surface area contributed by atoms with Gasteiger partial charge in [-0.2, -0.15) is 0 Å². The van der Waals surface area contributed by atoms with Gasteiger partial charge >= 0.3 is 0 Å². The van der Waals surface area contributed by atoms with E-state index >= 15 is 0 Å². The van der Waals surface area contributed by atoms with E-state index in [-0.39, 0.29) is 35.0 Å². The van der Waals surface area contributed by atoms with Gasteiger partial charge in [0, 0.05) is 12.5 Å². The lowest BCUT2D eigenvalue weighted by atomic mass is 10.1. The first-order valence-electron chi connectivity index (χ1n) is 9.27. The second-order valence-corrected chi connectivity index (χ2v) is 9.28. The summed E-state index contributed by atoms with van der Waals surface area (Å²) in [6.45, 7) is 5.49. The average Bonchev–Trinajstić information content (AvgIpc) is 3.40. The number of amides is 2. The Morgan fingerprint density at radius 2 is 1.96 bits per heavy atom. The lowest BCUT2D eigenvalue weighted by Crippen LogP contribution is -2.33. The quantitative estimate of drug-likeness (QED) is 0.515. The molecule has 3 rings (SSSR count). The molecule has 1 aromatic heterocycles. The van der Waals surface area contributed by atoms with Crippen LogP contribution >= 0.6 is 23.1 Å². The normalized spacial score (nSPS) is 15.7. The lowest BCUT2D eigenvalue weighted by molar-refractivity contribution is -0.121. The summed E-state index contributed by atoms with van der Waals surface area (Å²) in [5.74, 6) is -0.392. The van der Waals surface area contributed by atoms with Crippen LogP contribution in [0.4, 0.5) is 9.52 Å². The monoisotopic (exact) mass is 422 g/mol. The Hall–Kier alpha value is -2.00. The van der Waals surface area contributed by atoms with E-state index in [1.54, 1.807) is 24.0 Å². The predicted octanol–water partition coefficient (Wildman–Crippen LogP) is 3.94. The molecular weight excluding hydrogens is 399 g/mol. The number of benzene rings is 1. The van der Waals surface area contributed by atoms with Crippen molar-refractivity contribution in [3.05, 3.63) is 35.6 Å². The molecule has 2 aromatic rings. The van der Waals surface area contributed by atoms with Crippen LogP contribution in [0.3, 0.4) is 0 Å². The highest BCUT2D eigenvalue weighted by Crippen LogP contribution is 2.37. The van der Waals surface area contributed by atoms with Crippen molar-refractivity contribution >= 4 is 40.0 Å². The Bertz CT molecular complexity index is 839. The molecule has 28 heavy (non-hydrogen) atoms. The molecule has 1 N–H and O–H groups in total. The molecule has 150 valence electrons. The van der Waals surface area contributed by atoms with E-state index < -0.39 is 0 Å². The maximum Gasteiger partial charge on any atom is 0.233 e. The Balaban J connectivity index is 1.59. The highest BCUT2D eigenvalue weighted by atomic mass is 32.2. The predicted molar refractivity (Wildman–Crippen MR) is 109 cm³/mol. The van der Waals surface area contributed by atoms with Crippen molar-refractivity contribution in [2.75, 3.05) is 4.90 Å². The lowest BCUT2D eigenvalue weighted by Gasteiger charge is -2.17. The van der Waals surface area contributed by atoms with Gasteiger partial charge in [-0.3, -0.25) is 14.5 Å². The summed E-state index contributed by atoms with van der Waals surface area (Å²) < 4.78 is 13.7. The van der Waals surface area contributed by atoms with Crippen molar-refractivity contribution in [2.45, 2.75) is 61.7 Å². The largest absolute Gasteiger partial charge is 0.349 e. The van der Waals surface area contributed by atoms with Gasteiger partial charge in [-0.1, -0.05) is 42.2 Å². The van der Waals surface area contributed by atoms with E-state index in [2.05, 4.69) is 15.5 Å². The molecule has 6 nitrogen and oxygen atoms in total. The smallest absolute Gasteiger partial charge is 0.233 e. The number of nitrogens with zero attached hydrogens (tertiary/aromatic N) is 3. The van der Waals surface area contributed by atoms with Crippen LogP contribution in [0.15, 0.2) is 28.6 Å². The fourth-order valence-corrected chi connectivity index (χ4v) is 4.77. The SMILES string of the molecule is CCC(=O)N(c1nnc(S[C@H](C)C(=O)N[C@H](C)c2ccc(F)cc2)s1)C1CC1. The van der Waals surface area contributed by atoms with E-state index in [4.69, 9.17) is 0 Å². The number of hydrogen-bond donors (Lipinski definition) is 1. The van der Waals surface area contributed by atoms with Crippen molar-refractivity contribution in [2.24, 2.45) is 0 Å². The number of hydrogen-bond acceptors (Lipinski definition) is 6. The van der Waals surface area contributed by atoms with Gasteiger partial charge in [-0.05, 0) is 44.4 Å². The van der Waals surface area contributed by atoms with Gasteiger partial charge in [0.15, 0.2) is 4.34 Å².